The van der Waals surface area contributed by atoms with Crippen LogP contribution in [0.15, 0.2) is 0 Å². The first-order valence-electron chi connectivity index (χ1n) is 6.24. The zero-order valence-electron chi connectivity index (χ0n) is 11.1. The van der Waals surface area contributed by atoms with Gasteiger partial charge in [-0.15, -0.1) is 0 Å². The van der Waals surface area contributed by atoms with E-state index in [9.17, 15) is 4.79 Å². The minimum absolute atomic E-state index is 0.0447. The molecule has 1 saturated heterocycles. The van der Waals surface area contributed by atoms with Gasteiger partial charge in [0.05, 0.1) is 6.42 Å². The van der Waals surface area contributed by atoms with Crippen molar-refractivity contribution in [2.45, 2.75) is 31.3 Å². The second-order valence-electron chi connectivity index (χ2n) is 5.38. The van der Waals surface area contributed by atoms with E-state index in [-0.39, 0.29) is 18.5 Å². The van der Waals surface area contributed by atoms with Crippen LogP contribution in [0.4, 0.5) is 0 Å². The van der Waals surface area contributed by atoms with Gasteiger partial charge in [-0.3, -0.25) is 4.79 Å². The number of carboxylic acids is 1. The first-order valence-corrected chi connectivity index (χ1v) is 6.24. The van der Waals surface area contributed by atoms with Gasteiger partial charge in [-0.1, -0.05) is 0 Å². The van der Waals surface area contributed by atoms with Crippen LogP contribution in [0.25, 0.3) is 0 Å². The SMILES string of the molecule is CN1CCCC(C(C(N)CC(=O)O)N(C)C)C1. The van der Waals surface area contributed by atoms with Crippen LogP contribution in [0, 0.1) is 5.92 Å². The largest absolute Gasteiger partial charge is 0.481 e. The first-order chi connectivity index (χ1) is 7.91. The molecule has 0 amide bonds. The van der Waals surface area contributed by atoms with E-state index in [1.54, 1.807) is 0 Å². The van der Waals surface area contributed by atoms with Gasteiger partial charge in [0.15, 0.2) is 0 Å². The summed E-state index contributed by atoms with van der Waals surface area (Å²) < 4.78 is 0. The maximum atomic E-state index is 10.8. The van der Waals surface area contributed by atoms with Crippen LogP contribution in [0.3, 0.4) is 0 Å². The van der Waals surface area contributed by atoms with Gasteiger partial charge in [-0.2, -0.15) is 0 Å². The molecule has 100 valence electrons. The molecule has 1 aliphatic rings. The second kappa shape index (κ2) is 6.33. The van der Waals surface area contributed by atoms with Crippen LogP contribution in [-0.2, 0) is 4.79 Å². The summed E-state index contributed by atoms with van der Waals surface area (Å²) in [5.41, 5.74) is 6.06. The summed E-state index contributed by atoms with van der Waals surface area (Å²) in [4.78, 5) is 15.2. The number of nitrogens with zero attached hydrogens (tertiary/aromatic N) is 2. The summed E-state index contributed by atoms with van der Waals surface area (Å²) in [5.74, 6) is -0.341. The van der Waals surface area contributed by atoms with Gasteiger partial charge in [0.25, 0.3) is 0 Å². The van der Waals surface area contributed by atoms with Crippen LogP contribution in [0.5, 0.6) is 0 Å². The monoisotopic (exact) mass is 243 g/mol. The van der Waals surface area contributed by atoms with Gasteiger partial charge in [-0.25, -0.2) is 0 Å². The Morgan fingerprint density at radius 2 is 2.24 bits per heavy atom. The maximum Gasteiger partial charge on any atom is 0.304 e. The Bertz CT molecular complexity index is 258. The number of nitrogens with two attached hydrogens (primary N) is 1. The van der Waals surface area contributed by atoms with E-state index in [0.29, 0.717) is 5.92 Å². The third-order valence-electron chi connectivity index (χ3n) is 3.59. The number of rotatable bonds is 5. The predicted octanol–water partition coefficient (Wildman–Crippen LogP) is 0.0604. The third kappa shape index (κ3) is 4.26. The predicted molar refractivity (Wildman–Crippen MR) is 67.9 cm³/mol. The summed E-state index contributed by atoms with van der Waals surface area (Å²) in [6.07, 6.45) is 2.36. The first kappa shape index (κ1) is 14.4. The van der Waals surface area contributed by atoms with Crippen LogP contribution in [0.1, 0.15) is 19.3 Å². The van der Waals surface area contributed by atoms with Crippen molar-refractivity contribution in [2.24, 2.45) is 11.7 Å². The molecule has 1 rings (SSSR count). The number of piperidine rings is 1. The van der Waals surface area contributed by atoms with Crippen molar-refractivity contribution in [1.82, 2.24) is 9.80 Å². The normalized spacial score (nSPS) is 25.8. The Morgan fingerprint density at radius 3 is 2.71 bits per heavy atom. The zero-order valence-corrected chi connectivity index (χ0v) is 11.1. The lowest BCUT2D eigenvalue weighted by Crippen LogP contribution is -2.53. The van der Waals surface area contributed by atoms with Gasteiger partial charge in [0.1, 0.15) is 0 Å². The fourth-order valence-electron chi connectivity index (χ4n) is 2.96. The van der Waals surface area contributed by atoms with Crippen molar-refractivity contribution in [1.29, 1.82) is 0 Å². The molecule has 5 nitrogen and oxygen atoms in total. The van der Waals surface area contributed by atoms with Gasteiger partial charge >= 0.3 is 5.97 Å². The molecule has 0 aromatic rings. The Kier molecular flexibility index (Phi) is 5.36. The molecule has 0 bridgehead atoms. The molecule has 3 N–H and O–H groups in total. The third-order valence-corrected chi connectivity index (χ3v) is 3.59. The Balaban J connectivity index is 2.66. The summed E-state index contributed by atoms with van der Waals surface area (Å²) in [6, 6.07) is -0.146. The smallest absolute Gasteiger partial charge is 0.304 e. The van der Waals surface area contributed by atoms with E-state index < -0.39 is 5.97 Å². The quantitative estimate of drug-likeness (QED) is 0.714. The lowest BCUT2D eigenvalue weighted by atomic mass is 9.85. The topological polar surface area (TPSA) is 69.8 Å². The number of hydrogen-bond acceptors (Lipinski definition) is 4. The average molecular weight is 243 g/mol. The Hall–Kier alpha value is -0.650. The lowest BCUT2D eigenvalue weighted by Gasteiger charge is -2.40. The van der Waals surface area contributed by atoms with E-state index in [2.05, 4.69) is 16.8 Å². The maximum absolute atomic E-state index is 10.8. The van der Waals surface area contributed by atoms with Crippen molar-refractivity contribution in [3.63, 3.8) is 0 Å². The molecule has 1 heterocycles. The fourth-order valence-corrected chi connectivity index (χ4v) is 2.96. The summed E-state index contributed by atoms with van der Waals surface area (Å²) in [7, 11) is 6.09. The van der Waals surface area contributed by atoms with Crippen LogP contribution >= 0.6 is 0 Å². The highest BCUT2D eigenvalue weighted by atomic mass is 16.4. The molecule has 1 fully saturated rings. The van der Waals surface area contributed by atoms with E-state index in [0.717, 1.165) is 19.5 Å². The lowest BCUT2D eigenvalue weighted by molar-refractivity contribution is -0.137. The number of aliphatic carboxylic acids is 1. The molecule has 0 aromatic carbocycles. The molecule has 0 spiro atoms. The van der Waals surface area contributed by atoms with Crippen molar-refractivity contribution in [3.05, 3.63) is 0 Å². The number of carboxylic acid groups (broad SMARTS) is 1. The number of carbonyl (C=O) groups is 1. The molecule has 0 saturated carbocycles. The standard InChI is InChI=1S/C12H25N3O2/c1-14(2)12(10(13)7-11(16)17)9-5-4-6-15(3)8-9/h9-10,12H,4-8,13H2,1-3H3,(H,16,17). The summed E-state index contributed by atoms with van der Waals surface area (Å²) in [5, 5.41) is 8.86. The van der Waals surface area contributed by atoms with E-state index >= 15 is 0 Å². The number of likely N-dealkylation sites (tertiary alicyclic amines) is 1. The fraction of sp³-hybridized carbons (Fsp3) is 0.917. The Morgan fingerprint density at radius 1 is 1.59 bits per heavy atom. The van der Waals surface area contributed by atoms with Gasteiger partial charge in [0, 0.05) is 18.6 Å². The van der Waals surface area contributed by atoms with Crippen molar-refractivity contribution < 1.29 is 9.90 Å². The van der Waals surface area contributed by atoms with Crippen LogP contribution in [-0.4, -0.2) is 67.2 Å². The minimum atomic E-state index is -0.812. The second-order valence-corrected chi connectivity index (χ2v) is 5.38. The molecule has 0 aromatic heterocycles. The van der Waals surface area contributed by atoms with E-state index in [1.807, 2.05) is 14.1 Å². The molecule has 1 aliphatic heterocycles. The Labute approximate surface area is 104 Å². The van der Waals surface area contributed by atoms with Crippen molar-refractivity contribution >= 4 is 5.97 Å². The molecule has 5 heteroatoms. The van der Waals surface area contributed by atoms with Gasteiger partial charge in [-0.05, 0) is 46.4 Å². The van der Waals surface area contributed by atoms with Crippen molar-refractivity contribution in [3.8, 4) is 0 Å². The molecule has 3 unspecified atom stereocenters. The highest BCUT2D eigenvalue weighted by Gasteiger charge is 2.32. The van der Waals surface area contributed by atoms with Crippen LogP contribution < -0.4 is 5.73 Å². The minimum Gasteiger partial charge on any atom is -0.481 e. The number of hydrogen-bond donors (Lipinski definition) is 2. The highest BCUT2D eigenvalue weighted by molar-refractivity contribution is 5.67. The molecule has 3 atom stereocenters. The summed E-state index contributed by atoms with van der Waals surface area (Å²) >= 11 is 0. The number of likely N-dealkylation sites (N-methyl/N-ethyl adjacent to an activating group) is 1. The van der Waals surface area contributed by atoms with Crippen molar-refractivity contribution in [2.75, 3.05) is 34.2 Å². The van der Waals surface area contributed by atoms with Gasteiger partial charge in [0.2, 0.25) is 0 Å². The molecule has 0 aliphatic carbocycles. The highest BCUT2D eigenvalue weighted by Crippen LogP contribution is 2.23. The van der Waals surface area contributed by atoms with E-state index in [4.69, 9.17) is 10.8 Å². The molecular formula is C12H25N3O2. The van der Waals surface area contributed by atoms with Crippen LogP contribution in [0.2, 0.25) is 0 Å². The average Bonchev–Trinajstić information content (AvgIpc) is 2.15. The molecular weight excluding hydrogens is 218 g/mol. The summed E-state index contributed by atoms with van der Waals surface area (Å²) in [6.45, 7) is 2.14. The van der Waals surface area contributed by atoms with E-state index in [1.165, 1.54) is 6.42 Å². The zero-order chi connectivity index (χ0) is 13.0. The molecule has 17 heavy (non-hydrogen) atoms. The molecule has 0 radical (unpaired) electrons. The van der Waals surface area contributed by atoms with Gasteiger partial charge < -0.3 is 20.6 Å².